The topological polar surface area (TPSA) is 99.9 Å². The van der Waals surface area contributed by atoms with E-state index in [4.69, 9.17) is 4.98 Å². The van der Waals surface area contributed by atoms with E-state index in [-0.39, 0.29) is 31.5 Å². The summed E-state index contributed by atoms with van der Waals surface area (Å²) in [6.45, 7) is 8.01. The van der Waals surface area contributed by atoms with Gasteiger partial charge in [0.05, 0.1) is 43.0 Å². The van der Waals surface area contributed by atoms with E-state index >= 15 is 0 Å². The van der Waals surface area contributed by atoms with Gasteiger partial charge in [0.15, 0.2) is 5.65 Å². The molecule has 3 aromatic heterocycles. The summed E-state index contributed by atoms with van der Waals surface area (Å²) in [5.41, 5.74) is 6.20. The van der Waals surface area contributed by atoms with Crippen LogP contribution in [0.1, 0.15) is 51.3 Å². The molecule has 0 radical (unpaired) electrons. The third kappa shape index (κ3) is 3.23. The lowest BCUT2D eigenvalue weighted by Gasteiger charge is -2.24. The van der Waals surface area contributed by atoms with Gasteiger partial charge in [-0.15, -0.1) is 0 Å². The van der Waals surface area contributed by atoms with Crippen molar-refractivity contribution in [3.63, 3.8) is 0 Å². The van der Waals surface area contributed by atoms with Crippen molar-refractivity contribution in [3.05, 3.63) is 70.6 Å². The standard InChI is InChI=1S/C25H25FN6O2/c1-5-15-18(26)7-6-16-21(15)13(2)17-10-27-24-23(17)29-19(11-28-24)22-14(3)30-32(8-9-33)20(22)12-31(4)25(16)34/h5-7,10-11,13,33H,1,8-9,12H2,2-4H3,(H,27,28)/t13-/m0/s1. The fraction of sp³-hybridized carbons (Fsp3) is 0.280. The highest BCUT2D eigenvalue weighted by Gasteiger charge is 2.29. The van der Waals surface area contributed by atoms with E-state index in [0.717, 1.165) is 22.5 Å². The first-order valence-electron chi connectivity index (χ1n) is 11.1. The molecular weight excluding hydrogens is 435 g/mol. The van der Waals surface area contributed by atoms with Gasteiger partial charge in [-0.2, -0.15) is 5.10 Å². The maximum atomic E-state index is 14.8. The Morgan fingerprint density at radius 1 is 1.38 bits per heavy atom. The normalized spacial score (nSPS) is 15.7. The monoisotopic (exact) mass is 460 g/mol. The Morgan fingerprint density at radius 2 is 2.18 bits per heavy atom. The molecule has 0 fully saturated rings. The molecule has 1 atom stereocenters. The second kappa shape index (κ2) is 8.18. The van der Waals surface area contributed by atoms with Crippen molar-refractivity contribution >= 4 is 23.1 Å². The van der Waals surface area contributed by atoms with Crippen molar-refractivity contribution in [1.82, 2.24) is 29.6 Å². The van der Waals surface area contributed by atoms with Crippen LogP contribution >= 0.6 is 0 Å². The van der Waals surface area contributed by atoms with Crippen molar-refractivity contribution < 1.29 is 14.3 Å². The molecule has 0 spiro atoms. The predicted octanol–water partition coefficient (Wildman–Crippen LogP) is 3.64. The van der Waals surface area contributed by atoms with Crippen LogP contribution in [0.25, 0.3) is 28.5 Å². The summed E-state index contributed by atoms with van der Waals surface area (Å²) >= 11 is 0. The Hall–Kier alpha value is -3.85. The van der Waals surface area contributed by atoms with Crippen LogP contribution in [0.4, 0.5) is 4.39 Å². The summed E-state index contributed by atoms with van der Waals surface area (Å²) in [6, 6.07) is 2.83. The lowest BCUT2D eigenvalue weighted by molar-refractivity contribution is 0.0780. The van der Waals surface area contributed by atoms with Crippen molar-refractivity contribution in [2.24, 2.45) is 0 Å². The first kappa shape index (κ1) is 22.0. The molecule has 0 aliphatic carbocycles. The van der Waals surface area contributed by atoms with Crippen LogP contribution in [0, 0.1) is 12.7 Å². The number of carbonyl (C=O) groups excluding carboxylic acids is 1. The highest BCUT2D eigenvalue weighted by molar-refractivity contribution is 5.97. The van der Waals surface area contributed by atoms with Crippen LogP contribution in [0.5, 0.6) is 0 Å². The lowest BCUT2D eigenvalue weighted by Crippen LogP contribution is -2.29. The predicted molar refractivity (Wildman–Crippen MR) is 127 cm³/mol. The van der Waals surface area contributed by atoms with E-state index in [1.165, 1.54) is 18.2 Å². The molecule has 0 saturated carbocycles. The number of aromatic amines is 1. The molecule has 2 N–H and O–H groups in total. The van der Waals surface area contributed by atoms with Gasteiger partial charge >= 0.3 is 0 Å². The number of amides is 1. The number of aromatic nitrogens is 5. The first-order valence-corrected chi connectivity index (χ1v) is 11.1. The minimum absolute atomic E-state index is 0.0970. The maximum Gasteiger partial charge on any atom is 0.254 e. The van der Waals surface area contributed by atoms with Crippen LogP contribution in [-0.2, 0) is 13.1 Å². The molecule has 4 aromatic rings. The minimum Gasteiger partial charge on any atom is -0.394 e. The number of H-pyrrole nitrogens is 1. The summed E-state index contributed by atoms with van der Waals surface area (Å²) in [5, 5.41) is 14.2. The lowest BCUT2D eigenvalue weighted by atomic mass is 9.86. The van der Waals surface area contributed by atoms with Gasteiger partial charge in [0.25, 0.3) is 5.91 Å². The average Bonchev–Trinajstić information content (AvgIpc) is 3.37. The van der Waals surface area contributed by atoms with Gasteiger partial charge in [0.2, 0.25) is 0 Å². The number of aliphatic hydroxyl groups excluding tert-OH is 1. The molecule has 0 saturated heterocycles. The van der Waals surface area contributed by atoms with Gasteiger partial charge in [-0.05, 0) is 24.6 Å². The molecule has 0 unspecified atom stereocenters. The van der Waals surface area contributed by atoms with E-state index in [9.17, 15) is 14.3 Å². The zero-order chi connectivity index (χ0) is 24.1. The van der Waals surface area contributed by atoms with Gasteiger partial charge in [-0.1, -0.05) is 19.6 Å². The Morgan fingerprint density at radius 3 is 2.91 bits per heavy atom. The summed E-state index contributed by atoms with van der Waals surface area (Å²) in [5.74, 6) is -1.03. The van der Waals surface area contributed by atoms with Crippen LogP contribution in [0.3, 0.4) is 0 Å². The zero-order valence-electron chi connectivity index (χ0n) is 19.3. The van der Waals surface area contributed by atoms with Gasteiger partial charge < -0.3 is 15.0 Å². The van der Waals surface area contributed by atoms with E-state index in [0.29, 0.717) is 33.5 Å². The Kier molecular flexibility index (Phi) is 5.28. The number of nitrogens with zero attached hydrogens (tertiary/aromatic N) is 5. The quantitative estimate of drug-likeness (QED) is 0.486. The van der Waals surface area contributed by atoms with Crippen molar-refractivity contribution in [2.75, 3.05) is 13.7 Å². The second-order valence-corrected chi connectivity index (χ2v) is 8.56. The molecule has 1 amide bonds. The number of carbonyl (C=O) groups is 1. The fourth-order valence-electron chi connectivity index (χ4n) is 4.89. The van der Waals surface area contributed by atoms with Crippen molar-refractivity contribution in [3.8, 4) is 11.3 Å². The number of aliphatic hydroxyl groups is 1. The Bertz CT molecular complexity index is 1450. The van der Waals surface area contributed by atoms with E-state index in [1.807, 2.05) is 20.0 Å². The zero-order valence-corrected chi connectivity index (χ0v) is 19.3. The van der Waals surface area contributed by atoms with Gasteiger partial charge in [0, 0.05) is 41.4 Å². The molecule has 8 nitrogen and oxygen atoms in total. The number of fused-ring (bicyclic) bond motifs is 4. The van der Waals surface area contributed by atoms with Crippen LogP contribution < -0.4 is 0 Å². The van der Waals surface area contributed by atoms with Crippen molar-refractivity contribution in [2.45, 2.75) is 32.9 Å². The van der Waals surface area contributed by atoms with Crippen LogP contribution in [0.15, 0.2) is 31.1 Å². The molecule has 5 rings (SSSR count). The Balaban J connectivity index is 1.87. The van der Waals surface area contributed by atoms with Crippen molar-refractivity contribution in [1.29, 1.82) is 0 Å². The number of hydrogen-bond donors (Lipinski definition) is 2. The molecule has 1 aliphatic rings. The fourth-order valence-corrected chi connectivity index (χ4v) is 4.89. The number of nitrogens with one attached hydrogen (secondary N) is 1. The Labute approximate surface area is 195 Å². The number of hydrogen-bond acceptors (Lipinski definition) is 5. The molecule has 1 aromatic carbocycles. The van der Waals surface area contributed by atoms with E-state index in [1.54, 1.807) is 22.8 Å². The summed E-state index contributed by atoms with van der Waals surface area (Å²) in [6.07, 6.45) is 4.94. The van der Waals surface area contributed by atoms with E-state index in [2.05, 4.69) is 21.6 Å². The third-order valence-electron chi connectivity index (χ3n) is 6.51. The number of halogens is 1. The highest BCUT2D eigenvalue weighted by atomic mass is 19.1. The molecule has 1 aliphatic heterocycles. The summed E-state index contributed by atoms with van der Waals surface area (Å²) in [7, 11) is 1.70. The van der Waals surface area contributed by atoms with E-state index < -0.39 is 5.82 Å². The molecule has 174 valence electrons. The molecule has 34 heavy (non-hydrogen) atoms. The van der Waals surface area contributed by atoms with Gasteiger partial charge in [-0.3, -0.25) is 9.48 Å². The number of aryl methyl sites for hydroxylation is 1. The summed E-state index contributed by atoms with van der Waals surface area (Å²) < 4.78 is 16.5. The third-order valence-corrected chi connectivity index (χ3v) is 6.51. The molecule has 2 bridgehead atoms. The SMILES string of the molecule is C=Cc1c(F)ccc2c1[C@@H](C)c1c[nH]c3ncc(nc13)-c1c(C)nn(CCO)c1CN(C)C2=O. The second-order valence-electron chi connectivity index (χ2n) is 8.56. The number of benzene rings is 1. The van der Waals surface area contributed by atoms with Gasteiger partial charge in [-0.25, -0.2) is 14.4 Å². The molecule has 4 heterocycles. The average molecular weight is 461 g/mol. The first-order chi connectivity index (χ1) is 16.3. The molecule has 9 heteroatoms. The number of rotatable bonds is 3. The highest BCUT2D eigenvalue weighted by Crippen LogP contribution is 2.37. The minimum atomic E-state index is -0.436. The van der Waals surface area contributed by atoms with Crippen LogP contribution in [-0.4, -0.2) is 54.3 Å². The van der Waals surface area contributed by atoms with Gasteiger partial charge in [0.1, 0.15) is 11.3 Å². The smallest absolute Gasteiger partial charge is 0.254 e. The van der Waals surface area contributed by atoms with Crippen LogP contribution in [0.2, 0.25) is 0 Å². The summed E-state index contributed by atoms with van der Waals surface area (Å²) in [4.78, 5) is 28.0. The molecular formula is C25H25FN6O2. The largest absolute Gasteiger partial charge is 0.394 e. The maximum absolute atomic E-state index is 14.8.